The van der Waals surface area contributed by atoms with Crippen LogP contribution in [0.1, 0.15) is 36.5 Å². The third kappa shape index (κ3) is 3.58. The van der Waals surface area contributed by atoms with Gasteiger partial charge < -0.3 is 15.3 Å². The molecular formula is C24H25FN5O3P. The van der Waals surface area contributed by atoms with Crippen molar-refractivity contribution in [1.82, 2.24) is 19.9 Å². The molecule has 0 aromatic carbocycles. The third-order valence-electron chi connectivity index (χ3n) is 7.29. The Hall–Kier alpha value is -2.90. The summed E-state index contributed by atoms with van der Waals surface area (Å²) in [6.45, 7) is 3.13. The third-order valence-corrected chi connectivity index (χ3v) is 7.71. The molecule has 3 aromatic rings. The number of hydrogen-bond donors (Lipinski definition) is 2. The van der Waals surface area contributed by atoms with E-state index in [-0.39, 0.29) is 22.9 Å². The van der Waals surface area contributed by atoms with Gasteiger partial charge in [-0.1, -0.05) is 0 Å². The number of pyridine rings is 3. The first-order valence-corrected chi connectivity index (χ1v) is 12.1. The number of nitrogens with zero attached hydrogens (tertiary/aromatic N) is 4. The summed E-state index contributed by atoms with van der Waals surface area (Å²) in [6, 6.07) is 4.71. The van der Waals surface area contributed by atoms with Crippen LogP contribution in [0.15, 0.2) is 35.4 Å². The molecule has 8 nitrogen and oxygen atoms in total. The van der Waals surface area contributed by atoms with Crippen LogP contribution >= 0.6 is 9.24 Å². The maximum atomic E-state index is 13.8. The number of anilines is 1. The van der Waals surface area contributed by atoms with E-state index in [1.807, 2.05) is 11.8 Å². The molecule has 2 aliphatic carbocycles. The second kappa shape index (κ2) is 7.55. The molecule has 0 spiro atoms. The SMILES string of the molecule is CC(NC(=O)c1cn(-c2ncc(F)cc2P)c2nc(N3CC4CC4(O)C3)ccc2c1=O)C1CC1. The Morgan fingerprint density at radius 3 is 2.85 bits per heavy atom. The van der Waals surface area contributed by atoms with E-state index in [2.05, 4.69) is 19.5 Å². The zero-order valence-corrected chi connectivity index (χ0v) is 19.8. The van der Waals surface area contributed by atoms with Gasteiger partial charge in [-0.25, -0.2) is 14.4 Å². The van der Waals surface area contributed by atoms with E-state index in [0.29, 0.717) is 41.6 Å². The van der Waals surface area contributed by atoms with Gasteiger partial charge in [0.05, 0.1) is 17.2 Å². The van der Waals surface area contributed by atoms with Gasteiger partial charge in [0.1, 0.15) is 23.0 Å². The molecule has 10 heteroatoms. The Labute approximate surface area is 197 Å². The molecule has 3 aromatic heterocycles. The van der Waals surface area contributed by atoms with E-state index < -0.39 is 22.8 Å². The molecule has 4 heterocycles. The number of halogens is 1. The van der Waals surface area contributed by atoms with E-state index in [9.17, 15) is 19.1 Å². The van der Waals surface area contributed by atoms with Crippen molar-refractivity contribution in [2.75, 3.05) is 18.0 Å². The smallest absolute Gasteiger partial charge is 0.257 e. The second-order valence-corrected chi connectivity index (χ2v) is 10.5. The summed E-state index contributed by atoms with van der Waals surface area (Å²) in [6.07, 6.45) is 5.47. The number of aliphatic hydroxyl groups is 1. The van der Waals surface area contributed by atoms with Gasteiger partial charge in [0.2, 0.25) is 5.43 Å². The van der Waals surface area contributed by atoms with Crippen LogP contribution in [0.25, 0.3) is 16.9 Å². The Morgan fingerprint density at radius 2 is 2.18 bits per heavy atom. The van der Waals surface area contributed by atoms with E-state index in [1.165, 1.54) is 12.3 Å². The van der Waals surface area contributed by atoms with Crippen LogP contribution in [-0.2, 0) is 0 Å². The molecule has 176 valence electrons. The molecule has 6 rings (SSSR count). The monoisotopic (exact) mass is 481 g/mol. The summed E-state index contributed by atoms with van der Waals surface area (Å²) in [5, 5.41) is 14.1. The molecule has 3 fully saturated rings. The van der Waals surface area contributed by atoms with E-state index in [0.717, 1.165) is 25.5 Å². The van der Waals surface area contributed by atoms with Crippen LogP contribution in [0.2, 0.25) is 0 Å². The van der Waals surface area contributed by atoms with E-state index >= 15 is 0 Å². The Bertz CT molecular complexity index is 1410. The molecule has 0 radical (unpaired) electrons. The molecule has 1 amide bonds. The summed E-state index contributed by atoms with van der Waals surface area (Å²) in [4.78, 5) is 37.4. The van der Waals surface area contributed by atoms with Crippen LogP contribution in [0.5, 0.6) is 0 Å². The van der Waals surface area contributed by atoms with Crippen molar-refractivity contribution >= 4 is 37.3 Å². The molecule has 4 unspecified atom stereocenters. The molecule has 1 aliphatic heterocycles. The first kappa shape index (κ1) is 21.6. The number of β-amino-alcohol motifs (C(OH)–C–C–N with tert-alkyl or cyclic N) is 1. The van der Waals surface area contributed by atoms with Crippen molar-refractivity contribution < 1.29 is 14.3 Å². The highest BCUT2D eigenvalue weighted by atomic mass is 31.0. The van der Waals surface area contributed by atoms with E-state index in [1.54, 1.807) is 16.7 Å². The first-order valence-electron chi connectivity index (χ1n) is 11.5. The number of nitrogens with one attached hydrogen (secondary N) is 1. The quantitative estimate of drug-likeness (QED) is 0.536. The maximum Gasteiger partial charge on any atom is 0.257 e. The standard InChI is InChI=1S/C24H25FN5O3P/c1-12(13-2-3-13)27-23(32)17-10-30(22-18(34)6-15(25)8-26-22)21-16(20(17)31)4-5-19(28-21)29-9-14-7-24(14,33)11-29/h4-6,8,10,12-14,33H,2-3,7,9,11,34H2,1H3,(H,27,32). The van der Waals surface area contributed by atoms with Gasteiger partial charge in [-0.15, -0.1) is 9.24 Å². The second-order valence-electron chi connectivity index (χ2n) is 9.83. The lowest BCUT2D eigenvalue weighted by Gasteiger charge is -2.21. The largest absolute Gasteiger partial charge is 0.388 e. The highest BCUT2D eigenvalue weighted by Crippen LogP contribution is 2.50. The average Bonchev–Trinajstić information content (AvgIpc) is 3.71. The summed E-state index contributed by atoms with van der Waals surface area (Å²) < 4.78 is 15.3. The molecule has 34 heavy (non-hydrogen) atoms. The van der Waals surface area contributed by atoms with Gasteiger partial charge in [-0.3, -0.25) is 14.2 Å². The number of rotatable bonds is 5. The minimum absolute atomic E-state index is 0.0122. The zero-order valence-electron chi connectivity index (χ0n) is 18.7. The summed E-state index contributed by atoms with van der Waals surface area (Å²) in [7, 11) is 2.44. The average molecular weight is 481 g/mol. The van der Waals surface area contributed by atoms with Crippen molar-refractivity contribution in [2.45, 2.75) is 37.8 Å². The number of fused-ring (bicyclic) bond motifs is 2. The molecule has 1 saturated heterocycles. The summed E-state index contributed by atoms with van der Waals surface area (Å²) in [5.41, 5.74) is -0.755. The minimum atomic E-state index is -0.651. The topological polar surface area (TPSA) is 100 Å². The first-order chi connectivity index (χ1) is 16.2. The Balaban J connectivity index is 1.49. The predicted molar refractivity (Wildman–Crippen MR) is 129 cm³/mol. The Kier molecular flexibility index (Phi) is 4.80. The lowest BCUT2D eigenvalue weighted by molar-refractivity contribution is 0.0934. The highest BCUT2D eigenvalue weighted by Gasteiger charge is 2.59. The number of amides is 1. The van der Waals surface area contributed by atoms with Crippen molar-refractivity contribution in [3.8, 4) is 5.82 Å². The summed E-state index contributed by atoms with van der Waals surface area (Å²) >= 11 is 0. The number of aromatic nitrogens is 3. The van der Waals surface area contributed by atoms with Crippen molar-refractivity contribution in [1.29, 1.82) is 0 Å². The number of hydrogen-bond acceptors (Lipinski definition) is 6. The van der Waals surface area contributed by atoms with Gasteiger partial charge in [0, 0.05) is 36.6 Å². The number of carbonyl (C=O) groups excluding carboxylic acids is 1. The van der Waals surface area contributed by atoms with Gasteiger partial charge in [-0.2, -0.15) is 0 Å². The van der Waals surface area contributed by atoms with Crippen LogP contribution < -0.4 is 21.0 Å². The van der Waals surface area contributed by atoms with E-state index in [4.69, 9.17) is 4.98 Å². The Morgan fingerprint density at radius 1 is 1.38 bits per heavy atom. The van der Waals surface area contributed by atoms with Gasteiger partial charge >= 0.3 is 0 Å². The fraction of sp³-hybridized carbons (Fsp3) is 0.417. The summed E-state index contributed by atoms with van der Waals surface area (Å²) in [5.74, 6) is 0.729. The number of carbonyl (C=O) groups is 1. The van der Waals surface area contributed by atoms with Gasteiger partial charge in [0.25, 0.3) is 5.91 Å². The van der Waals surface area contributed by atoms with Crippen molar-refractivity contribution in [2.24, 2.45) is 11.8 Å². The number of piperidine rings is 1. The predicted octanol–water partition coefficient (Wildman–Crippen LogP) is 1.52. The van der Waals surface area contributed by atoms with Crippen LogP contribution in [0.4, 0.5) is 10.2 Å². The molecule has 0 bridgehead atoms. The molecule has 3 aliphatic rings. The molecule has 4 atom stereocenters. The van der Waals surface area contributed by atoms with Gasteiger partial charge in [-0.05, 0) is 50.3 Å². The maximum absolute atomic E-state index is 13.8. The van der Waals surface area contributed by atoms with Gasteiger partial charge in [0.15, 0.2) is 5.65 Å². The molecular weight excluding hydrogens is 456 g/mol. The van der Waals surface area contributed by atoms with Crippen LogP contribution in [0.3, 0.4) is 0 Å². The lowest BCUT2D eigenvalue weighted by atomic mass is 10.1. The van der Waals surface area contributed by atoms with Crippen LogP contribution in [0, 0.1) is 17.7 Å². The highest BCUT2D eigenvalue weighted by molar-refractivity contribution is 7.27. The molecule has 2 N–H and O–H groups in total. The normalized spacial score (nSPS) is 24.2. The van der Waals surface area contributed by atoms with Crippen LogP contribution in [-0.4, -0.2) is 50.3 Å². The lowest BCUT2D eigenvalue weighted by Crippen LogP contribution is -2.37. The minimum Gasteiger partial charge on any atom is -0.388 e. The fourth-order valence-corrected chi connectivity index (χ4v) is 5.34. The van der Waals surface area contributed by atoms with Crippen molar-refractivity contribution in [3.63, 3.8) is 0 Å². The molecule has 2 saturated carbocycles. The fourth-order valence-electron chi connectivity index (χ4n) is 4.97. The zero-order chi connectivity index (χ0) is 23.8. The van der Waals surface area contributed by atoms with Crippen molar-refractivity contribution in [3.05, 3.63) is 52.2 Å².